The van der Waals surface area contributed by atoms with Crippen LogP contribution in [-0.2, 0) is 9.53 Å². The molecule has 0 spiro atoms. The van der Waals surface area contributed by atoms with Gasteiger partial charge in [0.2, 0.25) is 0 Å². The normalized spacial score (nSPS) is 36.4. The van der Waals surface area contributed by atoms with Crippen LogP contribution in [-0.4, -0.2) is 23.0 Å². The van der Waals surface area contributed by atoms with E-state index in [0.717, 1.165) is 12.8 Å². The number of fused-ring (bicyclic) bond motifs is 2. The first-order valence-corrected chi connectivity index (χ1v) is 6.98. The van der Waals surface area contributed by atoms with E-state index in [1.165, 1.54) is 0 Å². The number of ether oxygens (including phenoxy) is 1. The van der Waals surface area contributed by atoms with Gasteiger partial charge in [-0.1, -0.05) is 20.8 Å². The standard InChI is InChI=1S/C15H25NO3/c1-12(2,3)19-11(18)16-15-8-7-14(6,10(17)9-15)13(15,4)5/h7-9H2,1-6H3,(H,16,18)/t14-,15+/m0/s1. The Kier molecular flexibility index (Phi) is 2.82. The van der Waals surface area contributed by atoms with E-state index in [-0.39, 0.29) is 16.6 Å². The van der Waals surface area contributed by atoms with Crippen LogP contribution in [0.5, 0.6) is 0 Å². The SMILES string of the molecule is CC(C)(C)OC(=O)N[C@]12CC[C@@](C)(C(=O)C1)C2(C)C. The van der Waals surface area contributed by atoms with Crippen LogP contribution in [0.15, 0.2) is 0 Å². The van der Waals surface area contributed by atoms with E-state index < -0.39 is 17.2 Å². The molecule has 1 amide bonds. The third kappa shape index (κ3) is 1.87. The summed E-state index contributed by atoms with van der Waals surface area (Å²) in [5.74, 6) is 0.264. The molecular weight excluding hydrogens is 242 g/mol. The van der Waals surface area contributed by atoms with Gasteiger partial charge in [-0.25, -0.2) is 4.79 Å². The minimum atomic E-state index is -0.518. The van der Waals surface area contributed by atoms with Gasteiger partial charge in [-0.15, -0.1) is 0 Å². The van der Waals surface area contributed by atoms with E-state index in [1.54, 1.807) is 0 Å². The van der Waals surface area contributed by atoms with Crippen molar-refractivity contribution >= 4 is 11.9 Å². The molecule has 2 aliphatic carbocycles. The Labute approximate surface area is 115 Å². The van der Waals surface area contributed by atoms with Gasteiger partial charge in [0, 0.05) is 17.3 Å². The number of ketones is 1. The number of nitrogens with one attached hydrogen (secondary N) is 1. The lowest BCUT2D eigenvalue weighted by molar-refractivity contribution is -0.128. The molecule has 108 valence electrons. The molecule has 2 aliphatic rings. The van der Waals surface area contributed by atoms with Crippen LogP contribution < -0.4 is 5.32 Å². The van der Waals surface area contributed by atoms with E-state index in [1.807, 2.05) is 27.7 Å². The Morgan fingerprint density at radius 3 is 2.16 bits per heavy atom. The van der Waals surface area contributed by atoms with Gasteiger partial charge in [0.05, 0.1) is 5.54 Å². The number of Topliss-reactive ketones (excluding diaryl/α,β-unsaturated/α-hetero) is 1. The van der Waals surface area contributed by atoms with Crippen LogP contribution in [0, 0.1) is 10.8 Å². The van der Waals surface area contributed by atoms with Gasteiger partial charge in [-0.05, 0) is 33.6 Å². The number of carbonyl (C=O) groups excluding carboxylic acids is 2. The summed E-state index contributed by atoms with van der Waals surface area (Å²) in [5.41, 5.74) is -1.51. The average molecular weight is 267 g/mol. The molecule has 0 saturated heterocycles. The molecule has 1 N–H and O–H groups in total. The minimum absolute atomic E-state index is 0.228. The van der Waals surface area contributed by atoms with Gasteiger partial charge in [-0.3, -0.25) is 4.79 Å². The van der Waals surface area contributed by atoms with Crippen molar-refractivity contribution < 1.29 is 14.3 Å². The fourth-order valence-corrected chi connectivity index (χ4v) is 3.64. The van der Waals surface area contributed by atoms with Crippen LogP contribution in [0.1, 0.15) is 60.8 Å². The van der Waals surface area contributed by atoms with Crippen LogP contribution in [0.25, 0.3) is 0 Å². The first kappa shape index (κ1) is 14.4. The zero-order valence-corrected chi connectivity index (χ0v) is 12.8. The summed E-state index contributed by atoms with van der Waals surface area (Å²) in [6.45, 7) is 11.7. The predicted molar refractivity (Wildman–Crippen MR) is 72.8 cm³/mol. The Hall–Kier alpha value is -1.06. The maximum atomic E-state index is 12.3. The number of hydrogen-bond donors (Lipinski definition) is 1. The molecule has 0 heterocycles. The monoisotopic (exact) mass is 267 g/mol. The molecular formula is C15H25NO3. The Morgan fingerprint density at radius 2 is 1.79 bits per heavy atom. The second-order valence-electron chi connectivity index (χ2n) is 7.77. The summed E-state index contributed by atoms with van der Waals surface area (Å²) in [7, 11) is 0. The van der Waals surface area contributed by atoms with Crippen LogP contribution in [0.3, 0.4) is 0 Å². The highest BCUT2D eigenvalue weighted by Gasteiger charge is 2.70. The van der Waals surface area contributed by atoms with Gasteiger partial charge in [0.15, 0.2) is 0 Å². The van der Waals surface area contributed by atoms with Crippen molar-refractivity contribution in [3.8, 4) is 0 Å². The second-order valence-corrected chi connectivity index (χ2v) is 7.77. The van der Waals surface area contributed by atoms with Gasteiger partial charge in [0.1, 0.15) is 11.4 Å². The summed E-state index contributed by atoms with van der Waals surface area (Å²) >= 11 is 0. The largest absolute Gasteiger partial charge is 0.444 e. The summed E-state index contributed by atoms with van der Waals surface area (Å²) in [4.78, 5) is 24.3. The molecule has 2 rings (SSSR count). The van der Waals surface area contributed by atoms with Crippen LogP contribution >= 0.6 is 0 Å². The molecule has 0 aromatic heterocycles. The summed E-state index contributed by atoms with van der Waals surface area (Å²) < 4.78 is 5.35. The Morgan fingerprint density at radius 1 is 1.21 bits per heavy atom. The lowest BCUT2D eigenvalue weighted by Gasteiger charge is -2.40. The second kappa shape index (κ2) is 3.74. The van der Waals surface area contributed by atoms with Crippen LogP contribution in [0.4, 0.5) is 4.79 Å². The predicted octanol–water partition coefficient (Wildman–Crippen LogP) is 3.05. The smallest absolute Gasteiger partial charge is 0.408 e. The van der Waals surface area contributed by atoms with E-state index in [0.29, 0.717) is 6.42 Å². The number of hydrogen-bond acceptors (Lipinski definition) is 3. The topological polar surface area (TPSA) is 55.4 Å². The molecule has 0 radical (unpaired) electrons. The fraction of sp³-hybridized carbons (Fsp3) is 0.867. The van der Waals surface area contributed by atoms with Crippen molar-refractivity contribution in [2.45, 2.75) is 71.9 Å². The molecule has 4 heteroatoms. The lowest BCUT2D eigenvalue weighted by Crippen LogP contribution is -2.55. The molecule has 2 fully saturated rings. The molecule has 4 nitrogen and oxygen atoms in total. The number of alkyl carbamates (subject to hydrolysis) is 1. The molecule has 0 aromatic carbocycles. The van der Waals surface area contributed by atoms with Crippen molar-refractivity contribution in [1.29, 1.82) is 0 Å². The molecule has 0 aromatic rings. The van der Waals surface area contributed by atoms with E-state index in [4.69, 9.17) is 4.74 Å². The first-order chi connectivity index (χ1) is 8.44. The number of rotatable bonds is 1. The average Bonchev–Trinajstić information content (AvgIpc) is 2.44. The van der Waals surface area contributed by atoms with E-state index in [2.05, 4.69) is 19.2 Å². The summed E-state index contributed by atoms with van der Waals surface area (Å²) in [6, 6.07) is 0. The van der Waals surface area contributed by atoms with Crippen molar-refractivity contribution in [3.05, 3.63) is 0 Å². The fourth-order valence-electron chi connectivity index (χ4n) is 3.64. The van der Waals surface area contributed by atoms with E-state index in [9.17, 15) is 9.59 Å². The number of carbonyl (C=O) groups is 2. The maximum absolute atomic E-state index is 12.3. The third-order valence-electron chi connectivity index (χ3n) is 5.45. The highest BCUT2D eigenvalue weighted by Crippen LogP contribution is 2.65. The Bertz CT molecular complexity index is 435. The maximum Gasteiger partial charge on any atom is 0.408 e. The summed E-state index contributed by atoms with van der Waals surface area (Å²) in [5, 5.41) is 3.00. The van der Waals surface area contributed by atoms with Crippen LogP contribution in [0.2, 0.25) is 0 Å². The van der Waals surface area contributed by atoms with E-state index >= 15 is 0 Å². The van der Waals surface area contributed by atoms with Gasteiger partial charge in [-0.2, -0.15) is 0 Å². The van der Waals surface area contributed by atoms with Crippen molar-refractivity contribution in [2.75, 3.05) is 0 Å². The highest BCUT2D eigenvalue weighted by atomic mass is 16.6. The molecule has 19 heavy (non-hydrogen) atoms. The van der Waals surface area contributed by atoms with Crippen molar-refractivity contribution in [1.82, 2.24) is 5.32 Å². The highest BCUT2D eigenvalue weighted by molar-refractivity contribution is 5.92. The molecule has 2 bridgehead atoms. The first-order valence-electron chi connectivity index (χ1n) is 6.98. The van der Waals surface area contributed by atoms with Gasteiger partial charge < -0.3 is 10.1 Å². The van der Waals surface area contributed by atoms with Gasteiger partial charge >= 0.3 is 6.09 Å². The van der Waals surface area contributed by atoms with Crippen molar-refractivity contribution in [2.24, 2.45) is 10.8 Å². The summed E-state index contributed by atoms with van der Waals surface area (Å²) in [6.07, 6.45) is 1.70. The zero-order valence-electron chi connectivity index (χ0n) is 12.8. The van der Waals surface area contributed by atoms with Crippen molar-refractivity contribution in [3.63, 3.8) is 0 Å². The molecule has 2 saturated carbocycles. The lowest BCUT2D eigenvalue weighted by atomic mass is 9.68. The minimum Gasteiger partial charge on any atom is -0.444 e. The molecule has 0 aliphatic heterocycles. The quantitative estimate of drug-likeness (QED) is 0.794. The zero-order chi connectivity index (χ0) is 14.7. The molecule has 2 atom stereocenters. The Balaban J connectivity index is 2.21. The number of amides is 1. The van der Waals surface area contributed by atoms with Gasteiger partial charge in [0.25, 0.3) is 0 Å². The third-order valence-corrected chi connectivity index (χ3v) is 5.45. The molecule has 0 unspecified atom stereocenters.